The van der Waals surface area contributed by atoms with Crippen LogP contribution in [0.4, 0.5) is 0 Å². The third-order valence-electron chi connectivity index (χ3n) is 3.18. The van der Waals surface area contributed by atoms with Crippen molar-refractivity contribution in [3.8, 4) is 16.9 Å². The SMILES string of the molecule is COc1ccc(-c2cccc(S(C)(=O)=O)c2)c(C(C)=O)c1. The molecule has 0 heterocycles. The maximum absolute atomic E-state index is 11.8. The summed E-state index contributed by atoms with van der Waals surface area (Å²) in [5, 5.41) is 0. The van der Waals surface area contributed by atoms with Crippen molar-refractivity contribution in [2.24, 2.45) is 0 Å². The summed E-state index contributed by atoms with van der Waals surface area (Å²) in [6.45, 7) is 1.47. The van der Waals surface area contributed by atoms with Gasteiger partial charge in [-0.05, 0) is 48.4 Å². The van der Waals surface area contributed by atoms with Gasteiger partial charge in [-0.1, -0.05) is 12.1 Å². The summed E-state index contributed by atoms with van der Waals surface area (Å²) in [4.78, 5) is 12.0. The predicted octanol–water partition coefficient (Wildman–Crippen LogP) is 2.97. The van der Waals surface area contributed by atoms with Crippen molar-refractivity contribution in [2.45, 2.75) is 11.8 Å². The van der Waals surface area contributed by atoms with Crippen molar-refractivity contribution < 1.29 is 17.9 Å². The van der Waals surface area contributed by atoms with Crippen molar-refractivity contribution in [1.82, 2.24) is 0 Å². The Labute approximate surface area is 124 Å². The predicted molar refractivity (Wildman–Crippen MR) is 81.5 cm³/mol. The van der Waals surface area contributed by atoms with Gasteiger partial charge in [0.2, 0.25) is 0 Å². The maximum atomic E-state index is 11.8. The molecule has 5 heteroatoms. The highest BCUT2D eigenvalue weighted by Crippen LogP contribution is 2.29. The van der Waals surface area contributed by atoms with Gasteiger partial charge in [0.1, 0.15) is 5.75 Å². The van der Waals surface area contributed by atoms with Gasteiger partial charge < -0.3 is 4.74 Å². The van der Waals surface area contributed by atoms with Crippen LogP contribution in [0.25, 0.3) is 11.1 Å². The molecule has 0 N–H and O–H groups in total. The van der Waals surface area contributed by atoms with Crippen molar-refractivity contribution in [1.29, 1.82) is 0 Å². The van der Waals surface area contributed by atoms with E-state index in [0.717, 1.165) is 6.26 Å². The minimum atomic E-state index is -3.29. The van der Waals surface area contributed by atoms with Gasteiger partial charge in [0.25, 0.3) is 0 Å². The van der Waals surface area contributed by atoms with Crippen LogP contribution in [-0.2, 0) is 9.84 Å². The quantitative estimate of drug-likeness (QED) is 0.815. The molecule has 0 aliphatic carbocycles. The number of hydrogen-bond acceptors (Lipinski definition) is 4. The van der Waals surface area contributed by atoms with Gasteiger partial charge in [-0.25, -0.2) is 8.42 Å². The summed E-state index contributed by atoms with van der Waals surface area (Å²) in [6, 6.07) is 11.7. The highest BCUT2D eigenvalue weighted by molar-refractivity contribution is 7.90. The highest BCUT2D eigenvalue weighted by atomic mass is 32.2. The summed E-state index contributed by atoms with van der Waals surface area (Å²) >= 11 is 0. The molecule has 0 aliphatic heterocycles. The lowest BCUT2D eigenvalue weighted by Gasteiger charge is -2.10. The number of methoxy groups -OCH3 is 1. The van der Waals surface area contributed by atoms with Crippen molar-refractivity contribution in [3.63, 3.8) is 0 Å². The van der Waals surface area contributed by atoms with E-state index < -0.39 is 9.84 Å². The molecule has 2 aromatic carbocycles. The number of rotatable bonds is 4. The smallest absolute Gasteiger partial charge is 0.175 e. The maximum Gasteiger partial charge on any atom is 0.175 e. The zero-order valence-electron chi connectivity index (χ0n) is 12.1. The third-order valence-corrected chi connectivity index (χ3v) is 4.29. The molecule has 0 aliphatic rings. The van der Waals surface area contributed by atoms with Crippen LogP contribution in [-0.4, -0.2) is 27.6 Å². The Hall–Kier alpha value is -2.14. The molecular formula is C16H16O4S. The molecule has 0 saturated carbocycles. The van der Waals surface area contributed by atoms with Crippen LogP contribution in [0.1, 0.15) is 17.3 Å². The minimum absolute atomic E-state index is 0.103. The van der Waals surface area contributed by atoms with Crippen molar-refractivity contribution >= 4 is 15.6 Å². The van der Waals surface area contributed by atoms with Gasteiger partial charge in [-0.3, -0.25) is 4.79 Å². The molecule has 0 atom stereocenters. The molecule has 0 unspecified atom stereocenters. The molecule has 2 rings (SSSR count). The van der Waals surface area contributed by atoms with E-state index >= 15 is 0 Å². The largest absolute Gasteiger partial charge is 0.497 e. The van der Waals surface area contributed by atoms with E-state index in [0.29, 0.717) is 22.4 Å². The van der Waals surface area contributed by atoms with Crippen LogP contribution in [0.15, 0.2) is 47.4 Å². The summed E-state index contributed by atoms with van der Waals surface area (Å²) < 4.78 is 28.4. The Morgan fingerprint density at radius 2 is 1.81 bits per heavy atom. The van der Waals surface area contributed by atoms with E-state index in [-0.39, 0.29) is 10.7 Å². The second-order valence-electron chi connectivity index (χ2n) is 4.77. The van der Waals surface area contributed by atoms with E-state index in [9.17, 15) is 13.2 Å². The number of carbonyl (C=O) groups excluding carboxylic acids is 1. The van der Waals surface area contributed by atoms with Crippen molar-refractivity contribution in [2.75, 3.05) is 13.4 Å². The molecule has 0 aromatic heterocycles. The fourth-order valence-corrected chi connectivity index (χ4v) is 2.75. The molecule has 0 fully saturated rings. The van der Waals surface area contributed by atoms with Gasteiger partial charge in [-0.15, -0.1) is 0 Å². The number of ketones is 1. The fourth-order valence-electron chi connectivity index (χ4n) is 2.09. The lowest BCUT2D eigenvalue weighted by atomic mass is 9.97. The van der Waals surface area contributed by atoms with Gasteiger partial charge in [0.05, 0.1) is 12.0 Å². The molecule has 0 spiro atoms. The van der Waals surface area contributed by atoms with E-state index in [1.54, 1.807) is 36.4 Å². The molecule has 0 amide bonds. The number of benzene rings is 2. The molecule has 0 saturated heterocycles. The van der Waals surface area contributed by atoms with Crippen LogP contribution in [0.3, 0.4) is 0 Å². The molecule has 2 aromatic rings. The topological polar surface area (TPSA) is 60.4 Å². The first-order chi connectivity index (χ1) is 9.82. The van der Waals surface area contributed by atoms with E-state index in [2.05, 4.69) is 0 Å². The average Bonchev–Trinajstić information content (AvgIpc) is 2.45. The molecule has 4 nitrogen and oxygen atoms in total. The Bertz CT molecular complexity index is 792. The Kier molecular flexibility index (Phi) is 4.14. The van der Waals surface area contributed by atoms with E-state index in [1.165, 1.54) is 20.1 Å². The fraction of sp³-hybridized carbons (Fsp3) is 0.188. The van der Waals surface area contributed by atoms with Gasteiger partial charge in [-0.2, -0.15) is 0 Å². The highest BCUT2D eigenvalue weighted by Gasteiger charge is 2.13. The van der Waals surface area contributed by atoms with Crippen LogP contribution < -0.4 is 4.74 Å². The number of hydrogen-bond donors (Lipinski definition) is 0. The second-order valence-corrected chi connectivity index (χ2v) is 6.78. The summed E-state index contributed by atoms with van der Waals surface area (Å²) in [5.41, 5.74) is 1.87. The number of carbonyl (C=O) groups is 1. The van der Waals surface area contributed by atoms with Crippen molar-refractivity contribution in [3.05, 3.63) is 48.0 Å². The molecule has 0 bridgehead atoms. The van der Waals surface area contributed by atoms with Crippen LogP contribution in [0, 0.1) is 0 Å². The lowest BCUT2D eigenvalue weighted by Crippen LogP contribution is -2.00. The third kappa shape index (κ3) is 3.31. The monoisotopic (exact) mass is 304 g/mol. The zero-order valence-corrected chi connectivity index (χ0v) is 12.9. The Morgan fingerprint density at radius 1 is 1.10 bits per heavy atom. The summed E-state index contributed by atoms with van der Waals surface area (Å²) in [6.07, 6.45) is 1.16. The zero-order chi connectivity index (χ0) is 15.6. The van der Waals surface area contributed by atoms with Gasteiger partial charge in [0.15, 0.2) is 15.6 Å². The molecular weight excluding hydrogens is 288 g/mol. The summed E-state index contributed by atoms with van der Waals surface area (Å²) in [7, 11) is -1.76. The molecule has 110 valence electrons. The lowest BCUT2D eigenvalue weighted by molar-refractivity contribution is 0.101. The Morgan fingerprint density at radius 3 is 2.38 bits per heavy atom. The number of ether oxygens (including phenoxy) is 1. The second kappa shape index (κ2) is 5.69. The Balaban J connectivity index is 2.64. The normalized spacial score (nSPS) is 11.2. The van der Waals surface area contributed by atoms with E-state index in [4.69, 9.17) is 4.74 Å². The number of Topliss-reactive ketones (excluding diaryl/α,β-unsaturated/α-hetero) is 1. The first kappa shape index (κ1) is 15.3. The van der Waals surface area contributed by atoms with Crippen LogP contribution in [0.2, 0.25) is 0 Å². The minimum Gasteiger partial charge on any atom is -0.497 e. The number of sulfone groups is 1. The molecule has 0 radical (unpaired) electrons. The summed E-state index contributed by atoms with van der Waals surface area (Å²) in [5.74, 6) is 0.483. The van der Waals surface area contributed by atoms with Gasteiger partial charge in [0, 0.05) is 11.8 Å². The first-order valence-corrected chi connectivity index (χ1v) is 8.21. The van der Waals surface area contributed by atoms with Gasteiger partial charge >= 0.3 is 0 Å². The van der Waals surface area contributed by atoms with Crippen LogP contribution >= 0.6 is 0 Å². The molecule has 21 heavy (non-hydrogen) atoms. The average molecular weight is 304 g/mol. The van der Waals surface area contributed by atoms with E-state index in [1.807, 2.05) is 0 Å². The first-order valence-electron chi connectivity index (χ1n) is 6.32. The standard InChI is InChI=1S/C16H16O4S/c1-11(17)16-10-13(20-2)7-8-15(16)12-5-4-6-14(9-12)21(3,18)19/h4-10H,1-3H3. The van der Waals surface area contributed by atoms with Crippen LogP contribution in [0.5, 0.6) is 5.75 Å².